The lowest BCUT2D eigenvalue weighted by molar-refractivity contribution is -0.125. The molecule has 1 amide bonds. The first-order chi connectivity index (χ1) is 11.6. The van der Waals surface area contributed by atoms with E-state index in [-0.39, 0.29) is 17.9 Å². The maximum Gasteiger partial charge on any atom is 0.222 e. The van der Waals surface area contributed by atoms with Crippen LogP contribution in [0.15, 0.2) is 11.6 Å². The molecule has 0 aromatic carbocycles. The molecule has 2 aromatic heterocycles. The molecule has 1 atom stereocenters. The van der Waals surface area contributed by atoms with Gasteiger partial charge < -0.3 is 5.32 Å². The number of hydrogen-bond donors (Lipinski definition) is 1. The van der Waals surface area contributed by atoms with E-state index in [1.54, 1.807) is 11.3 Å². The molecule has 0 bridgehead atoms. The Hall–Kier alpha value is -1.40. The molecule has 2 aliphatic rings. The maximum atomic E-state index is 12.0. The van der Waals surface area contributed by atoms with E-state index in [1.165, 1.54) is 24.2 Å². The van der Waals surface area contributed by atoms with Gasteiger partial charge in [0.2, 0.25) is 5.91 Å². The van der Waals surface area contributed by atoms with Crippen LogP contribution < -0.4 is 5.32 Å². The number of likely N-dealkylation sites (tertiary alicyclic amines) is 1. The van der Waals surface area contributed by atoms with Crippen molar-refractivity contribution in [3.8, 4) is 0 Å². The van der Waals surface area contributed by atoms with Gasteiger partial charge in [-0.1, -0.05) is 13.8 Å². The van der Waals surface area contributed by atoms with Crippen LogP contribution in [0, 0.1) is 5.92 Å². The van der Waals surface area contributed by atoms with Gasteiger partial charge in [0.05, 0.1) is 11.4 Å². The Morgan fingerprint density at radius 1 is 1.42 bits per heavy atom. The van der Waals surface area contributed by atoms with Crippen molar-refractivity contribution >= 4 is 22.2 Å². The molecule has 130 valence electrons. The zero-order chi connectivity index (χ0) is 16.7. The molecule has 3 heterocycles. The van der Waals surface area contributed by atoms with Crippen LogP contribution in [0.3, 0.4) is 0 Å². The smallest absolute Gasteiger partial charge is 0.222 e. The van der Waals surface area contributed by atoms with Gasteiger partial charge in [-0.15, -0.1) is 11.3 Å². The summed E-state index contributed by atoms with van der Waals surface area (Å²) in [6, 6.07) is 0.281. The molecule has 6 heteroatoms. The lowest BCUT2D eigenvalue weighted by atomic mass is 10.0. The summed E-state index contributed by atoms with van der Waals surface area (Å²) in [5.74, 6) is 0.903. The fourth-order valence-corrected chi connectivity index (χ4v) is 4.33. The van der Waals surface area contributed by atoms with Gasteiger partial charge in [0.1, 0.15) is 0 Å². The second-order valence-electron chi connectivity index (χ2n) is 7.51. The van der Waals surface area contributed by atoms with Crippen molar-refractivity contribution in [2.75, 3.05) is 13.1 Å². The van der Waals surface area contributed by atoms with E-state index < -0.39 is 0 Å². The van der Waals surface area contributed by atoms with Gasteiger partial charge in [0.25, 0.3) is 0 Å². The summed E-state index contributed by atoms with van der Waals surface area (Å²) in [5, 5.41) is 5.32. The average molecular weight is 346 g/mol. The molecule has 4 rings (SSSR count). The van der Waals surface area contributed by atoms with E-state index in [9.17, 15) is 4.79 Å². The van der Waals surface area contributed by atoms with Gasteiger partial charge in [-0.3, -0.25) is 14.1 Å². The Bertz CT molecular complexity index is 731. The number of hydrogen-bond acceptors (Lipinski definition) is 4. The summed E-state index contributed by atoms with van der Waals surface area (Å²) >= 11 is 1.72. The Morgan fingerprint density at radius 2 is 2.25 bits per heavy atom. The molecule has 1 aliphatic carbocycles. The molecule has 0 spiro atoms. The molecular weight excluding hydrogens is 320 g/mol. The molecule has 0 unspecified atom stereocenters. The highest BCUT2D eigenvalue weighted by Gasteiger charge is 2.31. The van der Waals surface area contributed by atoms with E-state index in [1.807, 2.05) is 13.8 Å². The van der Waals surface area contributed by atoms with Gasteiger partial charge in [-0.2, -0.15) is 0 Å². The monoisotopic (exact) mass is 346 g/mol. The number of thiazole rings is 1. The standard InChI is InChI=1S/C18H26N4OS/c1-12(2)17(23)19-14-4-3-7-21(10-14)11-15-16(13-5-6-13)20-18-22(15)8-9-24-18/h8-9,12-14H,3-7,10-11H2,1-2H3,(H,19,23)/t14-/m1/s1. The second kappa shape index (κ2) is 6.48. The number of nitrogens with zero attached hydrogens (tertiary/aromatic N) is 3. The van der Waals surface area contributed by atoms with Crippen molar-refractivity contribution in [2.24, 2.45) is 5.92 Å². The highest BCUT2D eigenvalue weighted by Crippen LogP contribution is 2.42. The molecule has 2 aromatic rings. The molecule has 0 radical (unpaired) electrons. The van der Waals surface area contributed by atoms with E-state index in [2.05, 4.69) is 26.2 Å². The summed E-state index contributed by atoms with van der Waals surface area (Å²) in [7, 11) is 0. The van der Waals surface area contributed by atoms with Crippen LogP contribution in [0.25, 0.3) is 4.96 Å². The predicted molar refractivity (Wildman–Crippen MR) is 96.3 cm³/mol. The van der Waals surface area contributed by atoms with Crippen molar-refractivity contribution in [2.45, 2.75) is 58.0 Å². The highest BCUT2D eigenvalue weighted by atomic mass is 32.1. The first-order valence-corrected chi connectivity index (χ1v) is 9.97. The Labute approximate surface area is 147 Å². The van der Waals surface area contributed by atoms with Crippen LogP contribution in [0.4, 0.5) is 0 Å². The van der Waals surface area contributed by atoms with Gasteiger partial charge in [0, 0.05) is 42.5 Å². The molecular formula is C18H26N4OS. The SMILES string of the molecule is CC(C)C(=O)N[C@@H]1CCCN(Cc2c(C3CC3)nc3sccn23)C1. The van der Waals surface area contributed by atoms with Crippen molar-refractivity contribution in [3.05, 3.63) is 23.0 Å². The number of carbonyl (C=O) groups is 1. The maximum absolute atomic E-state index is 12.0. The molecule has 1 N–H and O–H groups in total. The Morgan fingerprint density at radius 3 is 3.00 bits per heavy atom. The van der Waals surface area contributed by atoms with Crippen LogP contribution in [-0.4, -0.2) is 39.3 Å². The number of carbonyl (C=O) groups excluding carboxylic acids is 1. The summed E-state index contributed by atoms with van der Waals surface area (Å²) in [4.78, 5) is 20.5. The van der Waals surface area contributed by atoms with Crippen molar-refractivity contribution in [1.29, 1.82) is 0 Å². The fourth-order valence-electron chi connectivity index (χ4n) is 3.59. The van der Waals surface area contributed by atoms with E-state index in [0.717, 1.165) is 37.4 Å². The van der Waals surface area contributed by atoms with E-state index in [4.69, 9.17) is 4.98 Å². The van der Waals surface area contributed by atoms with Gasteiger partial charge in [0.15, 0.2) is 4.96 Å². The topological polar surface area (TPSA) is 49.6 Å². The molecule has 5 nitrogen and oxygen atoms in total. The second-order valence-corrected chi connectivity index (χ2v) is 8.38. The zero-order valence-corrected chi connectivity index (χ0v) is 15.3. The minimum atomic E-state index is 0.0575. The van der Waals surface area contributed by atoms with Crippen LogP contribution in [0.1, 0.15) is 56.8 Å². The largest absolute Gasteiger partial charge is 0.352 e. The molecule has 2 fully saturated rings. The third kappa shape index (κ3) is 3.22. The summed E-state index contributed by atoms with van der Waals surface area (Å²) in [6.07, 6.45) is 6.95. The molecule has 1 aliphatic heterocycles. The number of rotatable bonds is 5. The normalized spacial score (nSPS) is 22.4. The van der Waals surface area contributed by atoms with Crippen molar-refractivity contribution < 1.29 is 4.79 Å². The lowest BCUT2D eigenvalue weighted by Gasteiger charge is -2.33. The lowest BCUT2D eigenvalue weighted by Crippen LogP contribution is -2.48. The molecule has 1 saturated heterocycles. The number of piperidine rings is 1. The van der Waals surface area contributed by atoms with Gasteiger partial charge >= 0.3 is 0 Å². The summed E-state index contributed by atoms with van der Waals surface area (Å²) in [5.41, 5.74) is 2.68. The fraction of sp³-hybridized carbons (Fsp3) is 0.667. The van der Waals surface area contributed by atoms with Gasteiger partial charge in [-0.25, -0.2) is 4.98 Å². The third-order valence-electron chi connectivity index (χ3n) is 5.11. The minimum absolute atomic E-state index is 0.0575. The summed E-state index contributed by atoms with van der Waals surface area (Å²) < 4.78 is 2.27. The number of amides is 1. The van der Waals surface area contributed by atoms with Gasteiger partial charge in [-0.05, 0) is 32.2 Å². The number of imidazole rings is 1. The highest BCUT2D eigenvalue weighted by molar-refractivity contribution is 7.15. The quantitative estimate of drug-likeness (QED) is 0.905. The first kappa shape index (κ1) is 16.1. The van der Waals surface area contributed by atoms with Crippen LogP contribution >= 0.6 is 11.3 Å². The van der Waals surface area contributed by atoms with Crippen LogP contribution in [0.2, 0.25) is 0 Å². The Balaban J connectivity index is 1.48. The number of aromatic nitrogens is 2. The predicted octanol–water partition coefficient (Wildman–Crippen LogP) is 3.01. The zero-order valence-electron chi connectivity index (χ0n) is 14.5. The first-order valence-electron chi connectivity index (χ1n) is 9.09. The van der Waals surface area contributed by atoms with Crippen molar-refractivity contribution in [1.82, 2.24) is 19.6 Å². The number of nitrogens with one attached hydrogen (secondary N) is 1. The summed E-state index contributed by atoms with van der Waals surface area (Å²) in [6.45, 7) is 6.90. The van der Waals surface area contributed by atoms with Crippen LogP contribution in [-0.2, 0) is 11.3 Å². The third-order valence-corrected chi connectivity index (χ3v) is 5.86. The van der Waals surface area contributed by atoms with Crippen molar-refractivity contribution in [3.63, 3.8) is 0 Å². The minimum Gasteiger partial charge on any atom is -0.352 e. The van der Waals surface area contributed by atoms with Crippen LogP contribution in [0.5, 0.6) is 0 Å². The Kier molecular flexibility index (Phi) is 4.35. The molecule has 1 saturated carbocycles. The number of fused-ring (bicyclic) bond motifs is 1. The van der Waals surface area contributed by atoms with E-state index in [0.29, 0.717) is 5.92 Å². The molecule has 24 heavy (non-hydrogen) atoms. The average Bonchev–Trinajstić information content (AvgIpc) is 3.20. The van der Waals surface area contributed by atoms with E-state index >= 15 is 0 Å².